The van der Waals surface area contributed by atoms with Crippen molar-refractivity contribution in [3.63, 3.8) is 0 Å². The Hall–Kier alpha value is -2.87. The molecule has 4 rings (SSSR count). The zero-order valence-corrected chi connectivity index (χ0v) is 18.0. The van der Waals surface area contributed by atoms with E-state index in [0.717, 1.165) is 27.2 Å². The average molecular weight is 454 g/mol. The van der Waals surface area contributed by atoms with Gasteiger partial charge in [-0.15, -0.1) is 11.8 Å². The molecule has 0 aliphatic heterocycles. The molecule has 1 amide bonds. The number of thioether (sulfide) groups is 1. The number of thiocarbonyl (C=S) groups is 1. The molecule has 0 radical (unpaired) electrons. The summed E-state index contributed by atoms with van der Waals surface area (Å²) in [5.41, 5.74) is 3.06. The monoisotopic (exact) mass is 453 g/mol. The highest BCUT2D eigenvalue weighted by Gasteiger charge is 2.10. The molecule has 1 heterocycles. The topological polar surface area (TPSA) is 67.2 Å². The third-order valence-corrected chi connectivity index (χ3v) is 5.57. The van der Waals surface area contributed by atoms with E-state index in [0.29, 0.717) is 10.9 Å². The van der Waals surface area contributed by atoms with Crippen molar-refractivity contribution in [3.05, 3.63) is 77.8 Å². The van der Waals surface area contributed by atoms with Crippen molar-refractivity contribution >= 4 is 63.4 Å². The van der Waals surface area contributed by atoms with Crippen molar-refractivity contribution in [2.45, 2.75) is 4.90 Å². The number of para-hydroxylation sites is 2. The molecule has 0 unspecified atom stereocenters. The molecule has 5 nitrogen and oxygen atoms in total. The average Bonchev–Trinajstić information content (AvgIpc) is 3.18. The number of rotatable bonds is 5. The van der Waals surface area contributed by atoms with Gasteiger partial charge in [-0.1, -0.05) is 29.8 Å². The highest BCUT2D eigenvalue weighted by atomic mass is 35.5. The highest BCUT2D eigenvalue weighted by molar-refractivity contribution is 8.00. The molecule has 2 N–H and O–H groups in total. The molecule has 4 aromatic rings. The molecule has 0 saturated heterocycles. The largest absolute Gasteiger partial charge is 0.436 e. The second kappa shape index (κ2) is 9.30. The number of carbonyl (C=O) groups is 1. The van der Waals surface area contributed by atoms with E-state index in [1.54, 1.807) is 12.1 Å². The molecule has 0 atom stereocenters. The molecule has 8 heteroatoms. The van der Waals surface area contributed by atoms with Gasteiger partial charge in [0.15, 0.2) is 10.7 Å². The van der Waals surface area contributed by atoms with Crippen molar-refractivity contribution in [1.82, 2.24) is 10.3 Å². The molecular formula is C22H16ClN3O2S2. The Morgan fingerprint density at radius 3 is 2.67 bits per heavy atom. The standard InChI is InChI=1S/C22H16ClN3O2S2/c23-15-8-10-17(11-9-15)30-13-20(27)26-22(29)24-16-5-3-4-14(12-16)21-25-18-6-1-2-7-19(18)28-21/h1-12H,13H2,(H2,24,26,27,29). The lowest BCUT2D eigenvalue weighted by atomic mass is 10.2. The van der Waals surface area contributed by atoms with Gasteiger partial charge in [-0.25, -0.2) is 4.98 Å². The minimum Gasteiger partial charge on any atom is -0.436 e. The number of nitrogens with zero attached hydrogens (tertiary/aromatic N) is 1. The van der Waals surface area contributed by atoms with E-state index >= 15 is 0 Å². The van der Waals surface area contributed by atoms with Gasteiger partial charge in [0.2, 0.25) is 11.8 Å². The van der Waals surface area contributed by atoms with Gasteiger partial charge in [0.05, 0.1) is 5.75 Å². The molecule has 0 aliphatic rings. The first kappa shape index (κ1) is 20.4. The number of hydrogen-bond acceptors (Lipinski definition) is 5. The summed E-state index contributed by atoms with van der Waals surface area (Å²) in [6.07, 6.45) is 0. The van der Waals surface area contributed by atoms with Crippen LogP contribution in [0.5, 0.6) is 0 Å². The van der Waals surface area contributed by atoms with Gasteiger partial charge in [-0.3, -0.25) is 4.79 Å². The van der Waals surface area contributed by atoms with E-state index in [4.69, 9.17) is 28.2 Å². The fraction of sp³-hybridized carbons (Fsp3) is 0.0455. The Morgan fingerprint density at radius 1 is 1.07 bits per heavy atom. The lowest BCUT2D eigenvalue weighted by Crippen LogP contribution is -2.35. The van der Waals surface area contributed by atoms with Crippen LogP contribution in [-0.4, -0.2) is 21.8 Å². The number of amides is 1. The van der Waals surface area contributed by atoms with Gasteiger partial charge in [0.25, 0.3) is 0 Å². The highest BCUT2D eigenvalue weighted by Crippen LogP contribution is 2.26. The quantitative estimate of drug-likeness (QED) is 0.296. The predicted octanol–water partition coefficient (Wildman–Crippen LogP) is 5.75. The third-order valence-electron chi connectivity index (χ3n) is 4.10. The first-order chi connectivity index (χ1) is 14.6. The third kappa shape index (κ3) is 5.18. The number of halogens is 1. The van der Waals surface area contributed by atoms with E-state index in [-0.39, 0.29) is 16.8 Å². The fourth-order valence-corrected chi connectivity index (χ4v) is 3.79. The van der Waals surface area contributed by atoms with Gasteiger partial charge < -0.3 is 15.1 Å². The van der Waals surface area contributed by atoms with E-state index < -0.39 is 0 Å². The van der Waals surface area contributed by atoms with Crippen LogP contribution in [0, 0.1) is 0 Å². The van der Waals surface area contributed by atoms with Crippen LogP contribution in [0.3, 0.4) is 0 Å². The number of fused-ring (bicyclic) bond motifs is 1. The minimum atomic E-state index is -0.192. The number of hydrogen-bond donors (Lipinski definition) is 2. The van der Waals surface area contributed by atoms with E-state index in [1.807, 2.05) is 60.7 Å². The van der Waals surface area contributed by atoms with Crippen LogP contribution in [0.1, 0.15) is 0 Å². The summed E-state index contributed by atoms with van der Waals surface area (Å²) < 4.78 is 5.81. The molecule has 0 aliphatic carbocycles. The predicted molar refractivity (Wildman–Crippen MR) is 126 cm³/mol. The molecule has 0 spiro atoms. The zero-order valence-electron chi connectivity index (χ0n) is 15.6. The first-order valence-corrected chi connectivity index (χ1v) is 10.8. The Labute approximate surface area is 187 Å². The summed E-state index contributed by atoms with van der Waals surface area (Å²) in [4.78, 5) is 17.6. The molecule has 1 aromatic heterocycles. The molecule has 30 heavy (non-hydrogen) atoms. The number of nitrogens with one attached hydrogen (secondary N) is 2. The molecule has 3 aromatic carbocycles. The Balaban J connectivity index is 1.35. The number of benzene rings is 3. The van der Waals surface area contributed by atoms with Gasteiger partial charge in [0.1, 0.15) is 5.52 Å². The maximum atomic E-state index is 12.2. The van der Waals surface area contributed by atoms with Gasteiger partial charge in [-0.2, -0.15) is 0 Å². The van der Waals surface area contributed by atoms with Crippen molar-refractivity contribution < 1.29 is 9.21 Å². The van der Waals surface area contributed by atoms with E-state index in [1.165, 1.54) is 11.8 Å². The zero-order chi connectivity index (χ0) is 20.9. The second-order valence-electron chi connectivity index (χ2n) is 6.31. The lowest BCUT2D eigenvalue weighted by molar-refractivity contribution is -0.117. The number of anilines is 1. The molecule has 150 valence electrons. The van der Waals surface area contributed by atoms with E-state index in [9.17, 15) is 4.79 Å². The maximum absolute atomic E-state index is 12.2. The molecule has 0 bridgehead atoms. The first-order valence-electron chi connectivity index (χ1n) is 9.02. The molecular weight excluding hydrogens is 438 g/mol. The van der Waals surface area contributed by atoms with Crippen LogP contribution >= 0.6 is 35.6 Å². The van der Waals surface area contributed by atoms with Gasteiger partial charge >= 0.3 is 0 Å². The SMILES string of the molecule is O=C(CSc1ccc(Cl)cc1)NC(=S)Nc1cccc(-c2nc3ccccc3o2)c1. The van der Waals surface area contributed by atoms with E-state index in [2.05, 4.69) is 15.6 Å². The van der Waals surface area contributed by atoms with Crippen molar-refractivity contribution in [3.8, 4) is 11.5 Å². The fourth-order valence-electron chi connectivity index (χ4n) is 2.73. The summed E-state index contributed by atoms with van der Waals surface area (Å²) in [6.45, 7) is 0. The number of carbonyl (C=O) groups excluding carboxylic acids is 1. The summed E-state index contributed by atoms with van der Waals surface area (Å²) in [7, 11) is 0. The van der Waals surface area contributed by atoms with Crippen molar-refractivity contribution in [2.75, 3.05) is 11.1 Å². The Kier molecular flexibility index (Phi) is 6.32. The normalized spacial score (nSPS) is 10.7. The van der Waals surface area contributed by atoms with Crippen molar-refractivity contribution in [2.24, 2.45) is 0 Å². The van der Waals surface area contributed by atoms with Crippen LogP contribution < -0.4 is 10.6 Å². The van der Waals surface area contributed by atoms with Crippen LogP contribution in [0.2, 0.25) is 5.02 Å². The smallest absolute Gasteiger partial charge is 0.236 e. The maximum Gasteiger partial charge on any atom is 0.236 e. The summed E-state index contributed by atoms with van der Waals surface area (Å²) in [6, 6.07) is 22.4. The van der Waals surface area contributed by atoms with Crippen molar-refractivity contribution in [1.29, 1.82) is 0 Å². The number of oxazole rings is 1. The Bertz CT molecular complexity index is 1180. The number of aromatic nitrogens is 1. The summed E-state index contributed by atoms with van der Waals surface area (Å²) >= 11 is 12.5. The summed E-state index contributed by atoms with van der Waals surface area (Å²) in [5.74, 6) is 0.573. The minimum absolute atomic E-state index is 0.192. The van der Waals surface area contributed by atoms with Gasteiger partial charge in [-0.05, 0) is 66.8 Å². The van der Waals surface area contributed by atoms with Crippen LogP contribution in [0.4, 0.5) is 5.69 Å². The van der Waals surface area contributed by atoms with Crippen LogP contribution in [-0.2, 0) is 4.79 Å². The Morgan fingerprint density at radius 2 is 1.87 bits per heavy atom. The second-order valence-corrected chi connectivity index (χ2v) is 8.21. The van der Waals surface area contributed by atoms with Gasteiger partial charge in [0, 0.05) is 21.2 Å². The van der Waals surface area contributed by atoms with Crippen LogP contribution in [0.15, 0.2) is 82.1 Å². The lowest BCUT2D eigenvalue weighted by Gasteiger charge is -2.10. The summed E-state index contributed by atoms with van der Waals surface area (Å²) in [5, 5.41) is 6.60. The molecule has 0 fully saturated rings. The molecule has 0 saturated carbocycles. The van der Waals surface area contributed by atoms with Crippen LogP contribution in [0.25, 0.3) is 22.6 Å².